The topological polar surface area (TPSA) is 96.4 Å². The molecule has 5 rings (SSSR count). The molecule has 0 radical (unpaired) electrons. The minimum atomic E-state index is -1.32. The van der Waals surface area contributed by atoms with E-state index in [0.717, 1.165) is 18.4 Å². The van der Waals surface area contributed by atoms with E-state index in [4.69, 9.17) is 26.2 Å². The fourth-order valence-electron chi connectivity index (χ4n) is 6.64. The Kier molecular flexibility index (Phi) is 7.42. The molecule has 4 aliphatic rings. The minimum Gasteiger partial charge on any atom is -0.465 e. The number of likely N-dealkylation sites (tertiary alicyclic amines) is 1. The summed E-state index contributed by atoms with van der Waals surface area (Å²) in [6, 6.07) is 4.52. The summed E-state index contributed by atoms with van der Waals surface area (Å²) in [4.78, 5) is 45.2. The molecule has 1 aromatic carbocycles. The van der Waals surface area contributed by atoms with E-state index in [1.165, 1.54) is 0 Å². The van der Waals surface area contributed by atoms with Crippen molar-refractivity contribution in [2.45, 2.75) is 63.2 Å². The van der Waals surface area contributed by atoms with Crippen molar-refractivity contribution in [1.82, 2.24) is 4.90 Å². The molecule has 0 aliphatic carbocycles. The molecule has 1 spiro atoms. The maximum absolute atomic E-state index is 14.5. The second-order valence-electron chi connectivity index (χ2n) is 10.8. The number of aliphatic hydroxyl groups is 1. The predicted molar refractivity (Wildman–Crippen MR) is 143 cm³/mol. The van der Waals surface area contributed by atoms with Gasteiger partial charge in [-0.15, -0.1) is 0 Å². The normalized spacial score (nSPS) is 32.4. The van der Waals surface area contributed by atoms with Gasteiger partial charge < -0.3 is 24.4 Å². The molecule has 0 aromatic heterocycles. The number of cyclic esters (lactones) is 1. The van der Waals surface area contributed by atoms with Gasteiger partial charge in [-0.2, -0.15) is 0 Å². The molecule has 2 amide bonds. The summed E-state index contributed by atoms with van der Waals surface area (Å²) in [7, 11) is 0. The number of unbranched alkanes of at least 4 members (excludes halogenated alkanes) is 3. The summed E-state index contributed by atoms with van der Waals surface area (Å²) in [5.41, 5.74) is -0.965. The van der Waals surface area contributed by atoms with E-state index < -0.39 is 35.0 Å². The first-order valence-corrected chi connectivity index (χ1v) is 13.8. The molecule has 1 N–H and O–H groups in total. The van der Waals surface area contributed by atoms with Crippen LogP contribution >= 0.6 is 11.6 Å². The fraction of sp³-hybridized carbons (Fsp3) is 0.552. The number of rotatable bonds is 7. The van der Waals surface area contributed by atoms with E-state index in [-0.39, 0.29) is 31.6 Å². The molecule has 1 unspecified atom stereocenters. The standard InChI is InChI=1S/C29H35ClN2O6/c1-19-11-9-12-20(30)23(19)31-16-10-14-29-21(22-27(36)37-18-8-5-13-28(22,2)38-29)25(34)32(24(29)26(31)35)15-6-3-4-7-17-33/h5,9-14,21-22,24,33H,3-4,6-8,15-18H2,1-2H3/t21-,22-,24?,28+,29-/m0/s1. The Balaban J connectivity index is 1.59. The second-order valence-corrected chi connectivity index (χ2v) is 11.2. The van der Waals surface area contributed by atoms with Crippen LogP contribution in [0.3, 0.4) is 0 Å². The number of aliphatic hydroxyl groups excluding tert-OH is 1. The van der Waals surface area contributed by atoms with E-state index in [1.807, 2.05) is 43.4 Å². The average Bonchev–Trinajstić information content (AvgIpc) is 3.18. The monoisotopic (exact) mass is 542 g/mol. The van der Waals surface area contributed by atoms with Crippen LogP contribution < -0.4 is 4.90 Å². The number of amides is 2. The number of anilines is 1. The van der Waals surface area contributed by atoms with Gasteiger partial charge in [0.2, 0.25) is 5.91 Å². The lowest BCUT2D eigenvalue weighted by Crippen LogP contribution is -2.56. The Bertz CT molecular complexity index is 1160. The van der Waals surface area contributed by atoms with Gasteiger partial charge in [0.05, 0.1) is 28.8 Å². The zero-order valence-corrected chi connectivity index (χ0v) is 22.7. The van der Waals surface area contributed by atoms with Gasteiger partial charge in [-0.25, -0.2) is 0 Å². The maximum atomic E-state index is 14.5. The molecule has 4 heterocycles. The largest absolute Gasteiger partial charge is 0.465 e. The molecule has 5 atom stereocenters. The van der Waals surface area contributed by atoms with Gasteiger partial charge in [0.1, 0.15) is 17.6 Å². The molecule has 204 valence electrons. The van der Waals surface area contributed by atoms with E-state index in [2.05, 4.69) is 0 Å². The number of carbonyl (C=O) groups excluding carboxylic acids is 3. The lowest BCUT2D eigenvalue weighted by molar-refractivity contribution is -0.159. The summed E-state index contributed by atoms with van der Waals surface area (Å²) < 4.78 is 12.3. The number of ether oxygens (including phenoxy) is 2. The van der Waals surface area contributed by atoms with E-state index in [9.17, 15) is 14.4 Å². The summed E-state index contributed by atoms with van der Waals surface area (Å²) in [6.45, 7) is 4.67. The Morgan fingerprint density at radius 2 is 1.84 bits per heavy atom. The van der Waals surface area contributed by atoms with Crippen molar-refractivity contribution in [3.05, 3.63) is 53.1 Å². The van der Waals surface area contributed by atoms with Gasteiger partial charge in [0, 0.05) is 19.7 Å². The lowest BCUT2D eigenvalue weighted by atomic mass is 9.74. The third-order valence-electron chi connectivity index (χ3n) is 8.29. The smallest absolute Gasteiger partial charge is 0.313 e. The summed E-state index contributed by atoms with van der Waals surface area (Å²) >= 11 is 6.59. The van der Waals surface area contributed by atoms with Crippen LogP contribution in [-0.4, -0.2) is 71.3 Å². The zero-order valence-electron chi connectivity index (χ0n) is 21.9. The van der Waals surface area contributed by atoms with Crippen molar-refractivity contribution in [2.75, 3.05) is 31.2 Å². The molecule has 0 bridgehead atoms. The second kappa shape index (κ2) is 10.5. The molecule has 2 fully saturated rings. The van der Waals surface area contributed by atoms with Crippen molar-refractivity contribution in [1.29, 1.82) is 0 Å². The summed E-state index contributed by atoms with van der Waals surface area (Å²) in [6.07, 6.45) is 11.0. The zero-order chi connectivity index (χ0) is 27.1. The Labute approximate surface area is 228 Å². The number of esters is 1. The third-order valence-corrected chi connectivity index (χ3v) is 8.59. The van der Waals surface area contributed by atoms with E-state index >= 15 is 0 Å². The number of benzene rings is 1. The summed E-state index contributed by atoms with van der Waals surface area (Å²) in [5.74, 6) is -2.79. The maximum Gasteiger partial charge on any atom is 0.313 e. The van der Waals surface area contributed by atoms with Crippen LogP contribution in [0.1, 0.15) is 44.6 Å². The number of carbonyl (C=O) groups is 3. The predicted octanol–water partition coefficient (Wildman–Crippen LogP) is 3.58. The van der Waals surface area contributed by atoms with E-state index in [1.54, 1.807) is 22.8 Å². The van der Waals surface area contributed by atoms with Crippen LogP contribution in [-0.2, 0) is 23.9 Å². The quantitative estimate of drug-likeness (QED) is 0.321. The Morgan fingerprint density at radius 3 is 2.61 bits per heavy atom. The molecule has 9 heteroatoms. The van der Waals surface area contributed by atoms with Crippen molar-refractivity contribution in [3.8, 4) is 0 Å². The number of fused-ring (bicyclic) bond motifs is 2. The van der Waals surface area contributed by atoms with Gasteiger partial charge in [0.15, 0.2) is 0 Å². The van der Waals surface area contributed by atoms with Crippen molar-refractivity contribution in [2.24, 2.45) is 11.8 Å². The minimum absolute atomic E-state index is 0.121. The van der Waals surface area contributed by atoms with Crippen molar-refractivity contribution in [3.63, 3.8) is 0 Å². The highest BCUT2D eigenvalue weighted by Gasteiger charge is 2.74. The third kappa shape index (κ3) is 4.27. The fourth-order valence-corrected chi connectivity index (χ4v) is 6.96. The first kappa shape index (κ1) is 26.9. The molecule has 0 saturated carbocycles. The Hall–Kier alpha value is -2.68. The lowest BCUT2D eigenvalue weighted by Gasteiger charge is -2.38. The van der Waals surface area contributed by atoms with Gasteiger partial charge in [-0.1, -0.05) is 60.9 Å². The number of nitrogens with zero attached hydrogens (tertiary/aromatic N) is 2. The molecule has 8 nitrogen and oxygen atoms in total. The molecular weight excluding hydrogens is 508 g/mol. The molecular formula is C29H35ClN2O6. The SMILES string of the molecule is Cc1cccc(Cl)c1N1CC=C[C@]23O[C@]4(C)C=CCCOC(=O)[C@@H]4[C@H]2C(=O)N(CCCCCCO)C3C1=O. The number of hydrogen-bond acceptors (Lipinski definition) is 6. The first-order valence-electron chi connectivity index (χ1n) is 13.5. The van der Waals surface area contributed by atoms with Crippen LogP contribution in [0.4, 0.5) is 5.69 Å². The number of para-hydroxylation sites is 1. The molecule has 2 saturated heterocycles. The van der Waals surface area contributed by atoms with Crippen LogP contribution in [0.15, 0.2) is 42.5 Å². The Morgan fingerprint density at radius 1 is 1.05 bits per heavy atom. The average molecular weight is 543 g/mol. The van der Waals surface area contributed by atoms with Crippen LogP contribution in [0.2, 0.25) is 5.02 Å². The van der Waals surface area contributed by atoms with Crippen LogP contribution in [0.5, 0.6) is 0 Å². The molecule has 38 heavy (non-hydrogen) atoms. The van der Waals surface area contributed by atoms with Gasteiger partial charge in [-0.3, -0.25) is 14.4 Å². The summed E-state index contributed by atoms with van der Waals surface area (Å²) in [5, 5.41) is 9.58. The van der Waals surface area contributed by atoms with Gasteiger partial charge >= 0.3 is 5.97 Å². The van der Waals surface area contributed by atoms with Gasteiger partial charge in [0.25, 0.3) is 5.91 Å². The highest BCUT2D eigenvalue weighted by molar-refractivity contribution is 6.34. The highest BCUT2D eigenvalue weighted by atomic mass is 35.5. The van der Waals surface area contributed by atoms with Crippen molar-refractivity contribution < 1.29 is 29.0 Å². The van der Waals surface area contributed by atoms with Crippen molar-refractivity contribution >= 4 is 35.1 Å². The van der Waals surface area contributed by atoms with Crippen LogP contribution in [0, 0.1) is 18.8 Å². The molecule has 1 aromatic rings. The highest BCUT2D eigenvalue weighted by Crippen LogP contribution is 2.57. The number of hydrogen-bond donors (Lipinski definition) is 1. The number of aryl methyl sites for hydroxylation is 1. The van der Waals surface area contributed by atoms with E-state index in [0.29, 0.717) is 36.5 Å². The molecule has 4 aliphatic heterocycles. The first-order chi connectivity index (χ1) is 18.2. The van der Waals surface area contributed by atoms with Gasteiger partial charge in [-0.05, 0) is 44.7 Å². The van der Waals surface area contributed by atoms with Crippen LogP contribution in [0.25, 0.3) is 0 Å². The number of halogens is 1.